The summed E-state index contributed by atoms with van der Waals surface area (Å²) in [5.41, 5.74) is 0. The Labute approximate surface area is 81.3 Å². The Balaban J connectivity index is 2.45. The summed E-state index contributed by atoms with van der Waals surface area (Å²) in [5, 5.41) is 10.2. The van der Waals surface area contributed by atoms with Crippen molar-refractivity contribution >= 4 is 11.8 Å². The van der Waals surface area contributed by atoms with E-state index in [9.17, 15) is 10.1 Å². The average molecular weight is 197 g/mol. The van der Waals surface area contributed by atoms with Gasteiger partial charge in [0.05, 0.1) is 5.25 Å². The molecule has 4 heteroatoms. The van der Waals surface area contributed by atoms with Gasteiger partial charge in [0.1, 0.15) is 0 Å². The van der Waals surface area contributed by atoms with E-state index < -0.39 is 0 Å². The normalized spacial score (nSPS) is 12.4. The molecule has 0 spiro atoms. The molecule has 0 heterocycles. The molecule has 3 nitrogen and oxygen atoms in total. The first kappa shape index (κ1) is 10.1. The molecule has 70 valence electrons. The molecule has 0 amide bonds. The van der Waals surface area contributed by atoms with Gasteiger partial charge in [0, 0.05) is 9.82 Å². The molecular weight excluding hydrogens is 186 g/mol. The van der Waals surface area contributed by atoms with Crippen molar-refractivity contribution in [3.63, 3.8) is 0 Å². The zero-order chi connectivity index (χ0) is 9.68. The van der Waals surface area contributed by atoms with Gasteiger partial charge in [0.25, 0.3) is 0 Å². The Morgan fingerprint density at radius 1 is 1.46 bits per heavy atom. The Morgan fingerprint density at radius 3 is 2.62 bits per heavy atom. The fourth-order valence-corrected chi connectivity index (χ4v) is 1.95. The Bertz CT molecular complexity index is 276. The summed E-state index contributed by atoms with van der Waals surface area (Å²) in [6.07, 6.45) is 0. The van der Waals surface area contributed by atoms with E-state index in [2.05, 4.69) is 0 Å². The quantitative estimate of drug-likeness (QED) is 0.423. The van der Waals surface area contributed by atoms with Crippen LogP contribution in [0, 0.1) is 10.1 Å². The maximum atomic E-state index is 10.2. The standard InChI is InChI=1S/C9H11NO2S/c1-8(7-10(11)12)13-9-5-3-2-4-6-9/h2-6,8H,7H2,1H3. The number of hydrogen-bond donors (Lipinski definition) is 0. The summed E-state index contributed by atoms with van der Waals surface area (Å²) in [6, 6.07) is 9.72. The van der Waals surface area contributed by atoms with Gasteiger partial charge >= 0.3 is 0 Å². The summed E-state index contributed by atoms with van der Waals surface area (Å²) in [5.74, 6) is 0. The summed E-state index contributed by atoms with van der Waals surface area (Å²) in [4.78, 5) is 11.0. The molecule has 0 aliphatic rings. The minimum atomic E-state index is -0.277. The van der Waals surface area contributed by atoms with Crippen LogP contribution in [0.3, 0.4) is 0 Å². The van der Waals surface area contributed by atoms with Crippen molar-refractivity contribution in [2.45, 2.75) is 17.1 Å². The van der Waals surface area contributed by atoms with Gasteiger partial charge in [-0.15, -0.1) is 11.8 Å². The van der Waals surface area contributed by atoms with Crippen LogP contribution in [0.2, 0.25) is 0 Å². The van der Waals surface area contributed by atoms with Crippen molar-refractivity contribution in [2.75, 3.05) is 6.54 Å². The topological polar surface area (TPSA) is 43.1 Å². The molecule has 0 N–H and O–H groups in total. The molecule has 0 aromatic heterocycles. The number of nitro groups is 1. The van der Waals surface area contributed by atoms with Crippen LogP contribution in [0.15, 0.2) is 35.2 Å². The highest BCUT2D eigenvalue weighted by atomic mass is 32.2. The van der Waals surface area contributed by atoms with Gasteiger partial charge in [-0.05, 0) is 19.1 Å². The first-order valence-corrected chi connectivity index (χ1v) is 4.90. The van der Waals surface area contributed by atoms with Crippen molar-refractivity contribution in [2.24, 2.45) is 0 Å². The monoisotopic (exact) mass is 197 g/mol. The number of hydrogen-bond acceptors (Lipinski definition) is 3. The second-order valence-electron chi connectivity index (χ2n) is 2.76. The van der Waals surface area contributed by atoms with Crippen molar-refractivity contribution in [3.8, 4) is 0 Å². The van der Waals surface area contributed by atoms with Crippen LogP contribution in [0.5, 0.6) is 0 Å². The summed E-state index contributed by atoms with van der Waals surface area (Å²) < 4.78 is 0. The summed E-state index contributed by atoms with van der Waals surface area (Å²) in [6.45, 7) is 1.88. The third-order valence-corrected chi connectivity index (χ3v) is 2.58. The highest BCUT2D eigenvalue weighted by Crippen LogP contribution is 2.22. The van der Waals surface area contributed by atoms with Crippen molar-refractivity contribution in [3.05, 3.63) is 40.4 Å². The molecule has 0 bridgehead atoms. The highest BCUT2D eigenvalue weighted by Gasteiger charge is 2.09. The molecule has 1 rings (SSSR count). The van der Waals surface area contributed by atoms with Crippen molar-refractivity contribution in [1.29, 1.82) is 0 Å². The Hall–Kier alpha value is -1.03. The number of nitrogens with zero attached hydrogens (tertiary/aromatic N) is 1. The van der Waals surface area contributed by atoms with Gasteiger partial charge < -0.3 is 0 Å². The Kier molecular flexibility index (Phi) is 3.76. The minimum Gasteiger partial charge on any atom is -0.265 e. The molecule has 0 radical (unpaired) electrons. The van der Waals surface area contributed by atoms with E-state index in [0.29, 0.717) is 0 Å². The summed E-state index contributed by atoms with van der Waals surface area (Å²) >= 11 is 1.53. The van der Waals surface area contributed by atoms with Crippen molar-refractivity contribution < 1.29 is 4.92 Å². The van der Waals surface area contributed by atoms with E-state index in [-0.39, 0.29) is 16.7 Å². The van der Waals surface area contributed by atoms with Crippen LogP contribution in [0.4, 0.5) is 0 Å². The molecule has 0 saturated carbocycles. The Morgan fingerprint density at radius 2 is 2.08 bits per heavy atom. The molecular formula is C9H11NO2S. The molecule has 0 aliphatic carbocycles. The predicted octanol–water partition coefficient (Wildman–Crippen LogP) is 2.44. The largest absolute Gasteiger partial charge is 0.265 e. The molecule has 1 aromatic rings. The smallest absolute Gasteiger partial charge is 0.215 e. The first-order chi connectivity index (χ1) is 6.18. The molecule has 1 atom stereocenters. The number of benzene rings is 1. The number of thioether (sulfide) groups is 1. The molecule has 0 fully saturated rings. The van der Waals surface area contributed by atoms with Crippen LogP contribution < -0.4 is 0 Å². The van der Waals surface area contributed by atoms with Crippen LogP contribution in [0.1, 0.15) is 6.92 Å². The van der Waals surface area contributed by atoms with Gasteiger partial charge in [0.2, 0.25) is 6.54 Å². The SMILES string of the molecule is CC(C[N+](=O)[O-])Sc1ccccc1. The average Bonchev–Trinajstić information content (AvgIpc) is 2.04. The second kappa shape index (κ2) is 4.87. The van der Waals surface area contributed by atoms with Crippen LogP contribution >= 0.6 is 11.8 Å². The van der Waals surface area contributed by atoms with Crippen LogP contribution in [-0.4, -0.2) is 16.7 Å². The highest BCUT2D eigenvalue weighted by molar-refractivity contribution is 8.00. The van der Waals surface area contributed by atoms with E-state index in [1.807, 2.05) is 37.3 Å². The fraction of sp³-hybridized carbons (Fsp3) is 0.333. The second-order valence-corrected chi connectivity index (χ2v) is 4.27. The van der Waals surface area contributed by atoms with Gasteiger partial charge in [-0.2, -0.15) is 0 Å². The molecule has 0 aliphatic heterocycles. The van der Waals surface area contributed by atoms with E-state index in [1.165, 1.54) is 11.8 Å². The van der Waals surface area contributed by atoms with Crippen molar-refractivity contribution in [1.82, 2.24) is 0 Å². The zero-order valence-electron chi connectivity index (χ0n) is 7.34. The lowest BCUT2D eigenvalue weighted by atomic mass is 10.4. The third kappa shape index (κ3) is 3.94. The molecule has 0 saturated heterocycles. The lowest BCUT2D eigenvalue weighted by molar-refractivity contribution is -0.478. The van der Waals surface area contributed by atoms with E-state index in [1.54, 1.807) is 0 Å². The van der Waals surface area contributed by atoms with Gasteiger partial charge in [0.15, 0.2) is 0 Å². The maximum Gasteiger partial charge on any atom is 0.215 e. The lowest BCUT2D eigenvalue weighted by Crippen LogP contribution is -2.12. The predicted molar refractivity (Wildman–Crippen MR) is 53.6 cm³/mol. The summed E-state index contributed by atoms with van der Waals surface area (Å²) in [7, 11) is 0. The van der Waals surface area contributed by atoms with E-state index >= 15 is 0 Å². The molecule has 1 unspecified atom stereocenters. The van der Waals surface area contributed by atoms with Gasteiger partial charge in [-0.3, -0.25) is 10.1 Å². The molecule has 1 aromatic carbocycles. The van der Waals surface area contributed by atoms with Crippen LogP contribution in [0.25, 0.3) is 0 Å². The number of rotatable bonds is 4. The minimum absolute atomic E-state index is 0.0135. The third-order valence-electron chi connectivity index (χ3n) is 1.49. The molecule has 13 heavy (non-hydrogen) atoms. The van der Waals surface area contributed by atoms with Gasteiger partial charge in [-0.1, -0.05) is 18.2 Å². The first-order valence-electron chi connectivity index (χ1n) is 4.02. The van der Waals surface area contributed by atoms with Gasteiger partial charge in [-0.25, -0.2) is 0 Å². The van der Waals surface area contributed by atoms with E-state index in [4.69, 9.17) is 0 Å². The maximum absolute atomic E-state index is 10.2. The zero-order valence-corrected chi connectivity index (χ0v) is 8.16. The van der Waals surface area contributed by atoms with E-state index in [0.717, 1.165) is 4.90 Å². The van der Waals surface area contributed by atoms with Crippen LogP contribution in [-0.2, 0) is 0 Å². The lowest BCUT2D eigenvalue weighted by Gasteiger charge is -2.05. The fourth-order valence-electron chi connectivity index (χ4n) is 0.979.